The largest absolute Gasteiger partial charge is 0.494 e. The highest BCUT2D eigenvalue weighted by molar-refractivity contribution is 7.63. The second-order valence-corrected chi connectivity index (χ2v) is 12.8. The fourth-order valence-electron chi connectivity index (χ4n) is 4.42. The van der Waals surface area contributed by atoms with Crippen molar-refractivity contribution in [1.82, 2.24) is 9.88 Å². The molecule has 0 radical (unpaired) electrons. The van der Waals surface area contributed by atoms with Gasteiger partial charge in [-0.2, -0.15) is 13.2 Å². The Morgan fingerprint density at radius 1 is 1.26 bits per heavy atom. The Labute approximate surface area is 225 Å². The maximum absolute atomic E-state index is 14.7. The van der Waals surface area contributed by atoms with Crippen molar-refractivity contribution in [2.24, 2.45) is 0 Å². The van der Waals surface area contributed by atoms with E-state index in [2.05, 4.69) is 40.8 Å². The van der Waals surface area contributed by atoms with Crippen LogP contribution < -0.4 is 20.8 Å². The molecule has 5 nitrogen and oxygen atoms in total. The minimum absolute atomic E-state index is 0.150. The average Bonchev–Trinajstić information content (AvgIpc) is 3.20. The number of aromatic nitrogens is 1. The quantitative estimate of drug-likeness (QED) is 0.219. The molecule has 2 N–H and O–H groups in total. The van der Waals surface area contributed by atoms with Gasteiger partial charge in [0.05, 0.1) is 58.7 Å². The number of rotatable bonds is 7. The maximum Gasteiger partial charge on any atom is 0.393 e. The van der Waals surface area contributed by atoms with Gasteiger partial charge in [0, 0.05) is 19.2 Å². The Morgan fingerprint density at radius 2 is 2.05 bits per heavy atom. The first-order chi connectivity index (χ1) is 18.1. The monoisotopic (exact) mass is 566 g/mol. The molecule has 1 saturated heterocycles. The number of anilines is 2. The van der Waals surface area contributed by atoms with E-state index in [1.54, 1.807) is 31.5 Å². The molecule has 4 rings (SSSR count). The van der Waals surface area contributed by atoms with Crippen molar-refractivity contribution >= 4 is 46.2 Å². The molecule has 2 aromatic heterocycles. The van der Waals surface area contributed by atoms with Crippen LogP contribution in [0.2, 0.25) is 0 Å². The number of thiophene rings is 1. The number of ether oxygens (including phenoxy) is 1. The molecule has 2 atom stereocenters. The zero-order valence-corrected chi connectivity index (χ0v) is 23.5. The Morgan fingerprint density at radius 3 is 2.74 bits per heavy atom. The van der Waals surface area contributed by atoms with Crippen molar-refractivity contribution in [3.05, 3.63) is 40.9 Å². The summed E-state index contributed by atoms with van der Waals surface area (Å²) in [4.78, 5) is 6.74. The lowest BCUT2D eigenvalue weighted by Crippen LogP contribution is -2.46. The smallest absolute Gasteiger partial charge is 0.393 e. The molecule has 1 aliphatic heterocycles. The van der Waals surface area contributed by atoms with E-state index in [0.717, 1.165) is 12.0 Å². The Kier molecular flexibility index (Phi) is 9.02. The molecule has 1 aromatic carbocycles. The van der Waals surface area contributed by atoms with Crippen LogP contribution in [-0.2, 0) is 6.42 Å². The Hall–Kier alpha value is -2.60. The predicted molar refractivity (Wildman–Crippen MR) is 151 cm³/mol. The molecular formula is C27H31F4N4OPS. The van der Waals surface area contributed by atoms with Crippen LogP contribution in [0.5, 0.6) is 5.75 Å². The summed E-state index contributed by atoms with van der Waals surface area (Å²) in [6.07, 6.45) is -4.23. The van der Waals surface area contributed by atoms with Gasteiger partial charge in [0.1, 0.15) is 11.9 Å². The van der Waals surface area contributed by atoms with Crippen LogP contribution in [0.4, 0.5) is 28.9 Å². The van der Waals surface area contributed by atoms with E-state index in [0.29, 0.717) is 45.1 Å². The SMILES string of the molecule is COc1cc(P(C)C)ncc1NCC#Cc1sc2c(N[C@@H]3CCN(C)C[C@@H]3F)cccc2c1CC(F)(F)F. The molecule has 0 unspecified atom stereocenters. The lowest BCUT2D eigenvalue weighted by molar-refractivity contribution is -0.126. The molecule has 0 aliphatic carbocycles. The molecule has 0 spiro atoms. The lowest BCUT2D eigenvalue weighted by atomic mass is 10.0. The molecule has 0 bridgehead atoms. The van der Waals surface area contributed by atoms with Crippen LogP contribution in [0.1, 0.15) is 16.9 Å². The zero-order valence-electron chi connectivity index (χ0n) is 21.7. The van der Waals surface area contributed by atoms with Crippen molar-refractivity contribution in [2.45, 2.75) is 31.2 Å². The minimum atomic E-state index is -4.39. The minimum Gasteiger partial charge on any atom is -0.494 e. The van der Waals surface area contributed by atoms with Gasteiger partial charge in [0.2, 0.25) is 0 Å². The molecule has 1 fully saturated rings. The summed E-state index contributed by atoms with van der Waals surface area (Å²) in [5, 5.41) is 6.90. The van der Waals surface area contributed by atoms with E-state index in [1.165, 1.54) is 11.3 Å². The van der Waals surface area contributed by atoms with Gasteiger partial charge in [0.15, 0.2) is 0 Å². The first-order valence-corrected chi connectivity index (χ1v) is 15.3. The Bertz CT molecular complexity index is 1330. The number of alkyl halides is 4. The molecule has 0 saturated carbocycles. The number of piperidine rings is 1. The van der Waals surface area contributed by atoms with Gasteiger partial charge in [-0.1, -0.05) is 31.9 Å². The molecular weight excluding hydrogens is 535 g/mol. The van der Waals surface area contributed by atoms with Crippen molar-refractivity contribution in [3.8, 4) is 17.6 Å². The summed E-state index contributed by atoms with van der Waals surface area (Å²) in [6.45, 7) is 5.48. The van der Waals surface area contributed by atoms with E-state index in [-0.39, 0.29) is 20.0 Å². The van der Waals surface area contributed by atoms with Crippen molar-refractivity contribution < 1.29 is 22.3 Å². The highest BCUT2D eigenvalue weighted by Crippen LogP contribution is 2.39. The number of fused-ring (bicyclic) bond motifs is 1. The number of likely N-dealkylation sites (tertiary alicyclic amines) is 1. The standard InChI is InChI=1S/C27H31F4N4OPS/c1-35-12-10-20(19(28)16-35)34-21-8-5-7-17-18(14-27(29,30)31)24(38-26(17)21)9-6-11-32-22-15-33-25(37(3)4)13-23(22)36-2/h5,7-8,13,15,19-20,32,34H,10-12,14,16H2,1-4H3/t19-,20+/m0/s1. The number of hydrogen-bond donors (Lipinski definition) is 2. The van der Waals surface area contributed by atoms with Crippen LogP contribution in [0, 0.1) is 11.8 Å². The van der Waals surface area contributed by atoms with Gasteiger partial charge in [-0.15, -0.1) is 11.3 Å². The number of nitrogens with one attached hydrogen (secondary N) is 2. The number of benzene rings is 1. The lowest BCUT2D eigenvalue weighted by Gasteiger charge is -2.33. The fourth-order valence-corrected chi connectivity index (χ4v) is 6.25. The second-order valence-electron chi connectivity index (χ2n) is 9.49. The van der Waals surface area contributed by atoms with E-state index in [1.807, 2.05) is 18.0 Å². The second kappa shape index (κ2) is 12.1. The number of nitrogens with zero attached hydrogens (tertiary/aromatic N) is 2. The number of halogens is 4. The molecule has 38 heavy (non-hydrogen) atoms. The van der Waals surface area contributed by atoms with Crippen LogP contribution in [0.3, 0.4) is 0 Å². The zero-order chi connectivity index (χ0) is 27.4. The summed E-state index contributed by atoms with van der Waals surface area (Å²) in [5.74, 6) is 6.55. The van der Waals surface area contributed by atoms with Crippen LogP contribution in [-0.4, -0.2) is 75.4 Å². The summed E-state index contributed by atoms with van der Waals surface area (Å²) in [5.41, 5.74) is 2.41. The number of hydrogen-bond acceptors (Lipinski definition) is 6. The van der Waals surface area contributed by atoms with Crippen LogP contribution in [0.25, 0.3) is 10.1 Å². The normalized spacial score (nSPS) is 18.3. The summed E-state index contributed by atoms with van der Waals surface area (Å²) in [7, 11) is 3.07. The highest BCUT2D eigenvalue weighted by Gasteiger charge is 2.32. The third-order valence-electron chi connectivity index (χ3n) is 6.38. The topological polar surface area (TPSA) is 49.4 Å². The van der Waals surface area contributed by atoms with Gasteiger partial charge in [-0.25, -0.2) is 4.39 Å². The average molecular weight is 567 g/mol. The molecule has 3 heterocycles. The van der Waals surface area contributed by atoms with E-state index in [9.17, 15) is 17.6 Å². The summed E-state index contributed by atoms with van der Waals surface area (Å²) in [6, 6.07) is 6.67. The predicted octanol–water partition coefficient (Wildman–Crippen LogP) is 5.69. The molecule has 11 heteroatoms. The third-order valence-corrected chi connectivity index (χ3v) is 8.74. The number of methoxy groups -OCH3 is 1. The molecule has 3 aromatic rings. The first kappa shape index (κ1) is 28.4. The van der Waals surface area contributed by atoms with Gasteiger partial charge in [-0.05, 0) is 43.8 Å². The van der Waals surface area contributed by atoms with E-state index >= 15 is 0 Å². The fraction of sp³-hybridized carbons (Fsp3) is 0.444. The Balaban J connectivity index is 1.60. The van der Waals surface area contributed by atoms with Crippen LogP contribution >= 0.6 is 19.3 Å². The first-order valence-electron chi connectivity index (χ1n) is 12.2. The van der Waals surface area contributed by atoms with E-state index in [4.69, 9.17) is 4.74 Å². The summed E-state index contributed by atoms with van der Waals surface area (Å²) >= 11 is 1.21. The van der Waals surface area contributed by atoms with Gasteiger partial charge in [-0.3, -0.25) is 4.98 Å². The van der Waals surface area contributed by atoms with Gasteiger partial charge < -0.3 is 20.3 Å². The molecule has 1 aliphatic rings. The molecule has 0 amide bonds. The summed E-state index contributed by atoms with van der Waals surface area (Å²) < 4.78 is 61.4. The maximum atomic E-state index is 14.7. The molecule has 204 valence electrons. The van der Waals surface area contributed by atoms with Crippen LogP contribution in [0.15, 0.2) is 30.5 Å². The van der Waals surface area contributed by atoms with Gasteiger partial charge >= 0.3 is 6.18 Å². The van der Waals surface area contributed by atoms with Crippen molar-refractivity contribution in [2.75, 3.05) is 57.8 Å². The number of pyridine rings is 1. The van der Waals surface area contributed by atoms with E-state index < -0.39 is 24.8 Å². The van der Waals surface area contributed by atoms with Crippen molar-refractivity contribution in [1.29, 1.82) is 0 Å². The highest BCUT2D eigenvalue weighted by atomic mass is 32.1. The van der Waals surface area contributed by atoms with Gasteiger partial charge in [0.25, 0.3) is 0 Å². The van der Waals surface area contributed by atoms with Crippen molar-refractivity contribution in [3.63, 3.8) is 0 Å². The third kappa shape index (κ3) is 6.88.